The van der Waals surface area contributed by atoms with E-state index in [0.717, 1.165) is 18.4 Å². The fourth-order valence-electron chi connectivity index (χ4n) is 2.94. The van der Waals surface area contributed by atoms with Crippen LogP contribution in [0.25, 0.3) is 0 Å². The molecule has 8 nitrogen and oxygen atoms in total. The number of piperazine rings is 1. The zero-order chi connectivity index (χ0) is 21.2. The lowest BCUT2D eigenvalue weighted by Gasteiger charge is -2.35. The van der Waals surface area contributed by atoms with Gasteiger partial charge in [-0.2, -0.15) is 13.2 Å². The zero-order valence-electron chi connectivity index (χ0n) is 15.0. The minimum atomic E-state index is -4.50. The van der Waals surface area contributed by atoms with Crippen molar-refractivity contribution in [1.82, 2.24) is 15.5 Å². The minimum absolute atomic E-state index is 0.0655. The maximum Gasteiger partial charge on any atom is 0.416 e. The molecule has 1 atom stereocenters. The summed E-state index contributed by atoms with van der Waals surface area (Å²) in [7, 11) is 0. The second kappa shape index (κ2) is 7.86. The van der Waals surface area contributed by atoms with E-state index in [1.807, 2.05) is 0 Å². The molecule has 1 unspecified atom stereocenters. The van der Waals surface area contributed by atoms with E-state index < -0.39 is 35.6 Å². The lowest BCUT2D eigenvalue weighted by Crippen LogP contribution is -2.54. The van der Waals surface area contributed by atoms with E-state index in [0.29, 0.717) is 0 Å². The highest BCUT2D eigenvalue weighted by molar-refractivity contribution is 5.92. The van der Waals surface area contributed by atoms with Gasteiger partial charge in [0.25, 0.3) is 5.91 Å². The summed E-state index contributed by atoms with van der Waals surface area (Å²) in [6.07, 6.45) is -3.35. The number of hydrogen-bond donors (Lipinski definition) is 3. The highest BCUT2D eigenvalue weighted by Gasteiger charge is 2.36. The monoisotopic (exact) mass is 410 g/mol. The first kappa shape index (κ1) is 20.2. The molecule has 1 aliphatic heterocycles. The molecule has 0 bridgehead atoms. The number of nitrogens with one attached hydrogen (secondary N) is 2. The number of amides is 4. The van der Waals surface area contributed by atoms with Crippen molar-refractivity contribution in [2.45, 2.75) is 18.8 Å². The number of carbonyl (C=O) groups excluding carboxylic acids is 3. The average Bonchev–Trinajstić information content (AvgIpc) is 3.15. The topological polar surface area (TPSA) is 118 Å². The molecule has 1 saturated heterocycles. The molecule has 1 aliphatic rings. The molecule has 2 heterocycles. The van der Waals surface area contributed by atoms with Crippen LogP contribution in [-0.2, 0) is 17.5 Å². The first-order valence-corrected chi connectivity index (χ1v) is 8.53. The molecular weight excluding hydrogens is 393 g/mol. The maximum absolute atomic E-state index is 12.8. The number of rotatable bonds is 4. The van der Waals surface area contributed by atoms with Gasteiger partial charge in [-0.3, -0.25) is 9.59 Å². The van der Waals surface area contributed by atoms with Crippen molar-refractivity contribution in [2.24, 2.45) is 5.73 Å². The van der Waals surface area contributed by atoms with Crippen molar-refractivity contribution in [3.05, 3.63) is 59.0 Å². The molecule has 4 N–H and O–H groups in total. The Hall–Kier alpha value is -3.50. The number of hydrogen-bond acceptors (Lipinski definition) is 4. The minimum Gasteiger partial charge on any atom is -0.467 e. The molecular formula is C18H17F3N4O4. The van der Waals surface area contributed by atoms with Gasteiger partial charge in [-0.1, -0.05) is 12.1 Å². The summed E-state index contributed by atoms with van der Waals surface area (Å²) in [6.45, 7) is 0.299. The molecule has 0 spiro atoms. The van der Waals surface area contributed by atoms with Crippen molar-refractivity contribution in [3.63, 3.8) is 0 Å². The van der Waals surface area contributed by atoms with Gasteiger partial charge in [0.15, 0.2) is 0 Å². The second-order valence-corrected chi connectivity index (χ2v) is 6.33. The largest absolute Gasteiger partial charge is 0.467 e. The van der Waals surface area contributed by atoms with Crippen LogP contribution >= 0.6 is 0 Å². The van der Waals surface area contributed by atoms with Crippen LogP contribution < -0.4 is 16.4 Å². The van der Waals surface area contributed by atoms with Crippen molar-refractivity contribution >= 4 is 17.8 Å². The number of nitrogens with two attached hydrogens (primary N) is 1. The maximum atomic E-state index is 12.8. The van der Waals surface area contributed by atoms with Crippen LogP contribution in [0.4, 0.5) is 18.0 Å². The van der Waals surface area contributed by atoms with Crippen LogP contribution in [0.1, 0.15) is 33.3 Å². The van der Waals surface area contributed by atoms with Crippen LogP contribution in [0, 0.1) is 0 Å². The molecule has 11 heteroatoms. The van der Waals surface area contributed by atoms with Crippen molar-refractivity contribution < 1.29 is 32.0 Å². The van der Waals surface area contributed by atoms with E-state index in [2.05, 4.69) is 10.6 Å². The lowest BCUT2D eigenvalue weighted by atomic mass is 10.0. The van der Waals surface area contributed by atoms with Crippen LogP contribution in [0.5, 0.6) is 0 Å². The Balaban J connectivity index is 1.74. The average molecular weight is 410 g/mol. The van der Waals surface area contributed by atoms with E-state index in [1.54, 1.807) is 0 Å². The Labute approximate surface area is 162 Å². The molecule has 0 saturated carbocycles. The third-order valence-corrected chi connectivity index (χ3v) is 4.38. The van der Waals surface area contributed by atoms with Gasteiger partial charge in [-0.05, 0) is 23.8 Å². The number of carbonyl (C=O) groups is 3. The van der Waals surface area contributed by atoms with Crippen molar-refractivity contribution in [1.29, 1.82) is 0 Å². The molecule has 1 aromatic heterocycles. The molecule has 0 radical (unpaired) electrons. The van der Waals surface area contributed by atoms with E-state index in [4.69, 9.17) is 10.2 Å². The number of furan rings is 1. The Kier molecular flexibility index (Phi) is 5.48. The third kappa shape index (κ3) is 4.50. The number of nitrogens with zero attached hydrogens (tertiary/aromatic N) is 1. The summed E-state index contributed by atoms with van der Waals surface area (Å²) in [6, 6.07) is 3.75. The number of primary amides is 1. The summed E-state index contributed by atoms with van der Waals surface area (Å²) in [5.74, 6) is -0.902. The van der Waals surface area contributed by atoms with Gasteiger partial charge < -0.3 is 25.7 Å². The van der Waals surface area contributed by atoms with Crippen LogP contribution in [0.2, 0.25) is 0 Å². The standard InChI is InChI=1S/C18H17F3N4O4/c19-18(20,21)12-3-1-10(2-4-12)14-16(27)23-5-6-25(14)17(28)24-8-13-7-11(9-29-13)15(22)26/h1-4,7,9,14H,5-6,8H2,(H2,22,26)(H,23,27)(H,24,28). The smallest absolute Gasteiger partial charge is 0.416 e. The van der Waals surface area contributed by atoms with Crippen LogP contribution in [0.3, 0.4) is 0 Å². The number of halogens is 3. The van der Waals surface area contributed by atoms with Gasteiger partial charge in [0, 0.05) is 13.1 Å². The Morgan fingerprint density at radius 1 is 1.28 bits per heavy atom. The predicted octanol–water partition coefficient (Wildman–Crippen LogP) is 1.78. The Morgan fingerprint density at radius 3 is 2.55 bits per heavy atom. The van der Waals surface area contributed by atoms with E-state index >= 15 is 0 Å². The fraction of sp³-hybridized carbons (Fsp3) is 0.278. The number of benzene rings is 1. The molecule has 2 aromatic rings. The predicted molar refractivity (Wildman–Crippen MR) is 93.4 cm³/mol. The summed E-state index contributed by atoms with van der Waals surface area (Å²) >= 11 is 0. The van der Waals surface area contributed by atoms with Gasteiger partial charge in [0.2, 0.25) is 5.91 Å². The molecule has 154 valence electrons. The van der Waals surface area contributed by atoms with Crippen LogP contribution in [0.15, 0.2) is 41.0 Å². The summed E-state index contributed by atoms with van der Waals surface area (Å²) in [5.41, 5.74) is 4.67. The normalized spacial score (nSPS) is 17.0. The highest BCUT2D eigenvalue weighted by Crippen LogP contribution is 2.31. The lowest BCUT2D eigenvalue weighted by molar-refractivity contribution is -0.137. The SMILES string of the molecule is NC(=O)c1coc(CNC(=O)N2CCNC(=O)C2c2ccc(C(F)(F)F)cc2)c1. The summed E-state index contributed by atoms with van der Waals surface area (Å²) in [4.78, 5) is 37.2. The Bertz CT molecular complexity index is 924. The van der Waals surface area contributed by atoms with Crippen molar-refractivity contribution in [2.75, 3.05) is 13.1 Å². The summed E-state index contributed by atoms with van der Waals surface area (Å²) < 4.78 is 43.4. The first-order chi connectivity index (χ1) is 13.7. The molecule has 1 fully saturated rings. The quantitative estimate of drug-likeness (QED) is 0.712. The second-order valence-electron chi connectivity index (χ2n) is 6.33. The Morgan fingerprint density at radius 2 is 1.97 bits per heavy atom. The molecule has 1 aromatic carbocycles. The summed E-state index contributed by atoms with van der Waals surface area (Å²) in [5, 5.41) is 5.16. The molecule has 3 rings (SSSR count). The van der Waals surface area contributed by atoms with E-state index in [9.17, 15) is 27.6 Å². The molecule has 4 amide bonds. The zero-order valence-corrected chi connectivity index (χ0v) is 15.0. The highest BCUT2D eigenvalue weighted by atomic mass is 19.4. The van der Waals surface area contributed by atoms with Gasteiger partial charge in [-0.15, -0.1) is 0 Å². The fourth-order valence-corrected chi connectivity index (χ4v) is 2.94. The molecule has 0 aliphatic carbocycles. The van der Waals surface area contributed by atoms with E-state index in [1.165, 1.54) is 23.1 Å². The van der Waals surface area contributed by atoms with Gasteiger partial charge in [-0.25, -0.2) is 4.79 Å². The van der Waals surface area contributed by atoms with Gasteiger partial charge in [0.1, 0.15) is 18.1 Å². The van der Waals surface area contributed by atoms with Crippen LogP contribution in [-0.4, -0.2) is 35.8 Å². The third-order valence-electron chi connectivity index (χ3n) is 4.38. The van der Waals surface area contributed by atoms with E-state index in [-0.39, 0.29) is 36.5 Å². The van der Waals surface area contributed by atoms with Gasteiger partial charge in [0.05, 0.1) is 17.7 Å². The number of alkyl halides is 3. The van der Waals surface area contributed by atoms with Crippen molar-refractivity contribution in [3.8, 4) is 0 Å². The molecule has 29 heavy (non-hydrogen) atoms. The van der Waals surface area contributed by atoms with Gasteiger partial charge >= 0.3 is 12.2 Å². The first-order valence-electron chi connectivity index (χ1n) is 8.53. The number of urea groups is 1.